The molecule has 2 aromatic rings. The number of rotatable bonds is 6. The van der Waals surface area contributed by atoms with Crippen LogP contribution in [0, 0.1) is 48.3 Å². The summed E-state index contributed by atoms with van der Waals surface area (Å²) < 4.78 is 0. The minimum Gasteiger partial charge on any atom is -0.369 e. The fourth-order valence-electron chi connectivity index (χ4n) is 6.94. The van der Waals surface area contributed by atoms with Crippen molar-refractivity contribution in [2.24, 2.45) is 23.2 Å². The Kier molecular flexibility index (Phi) is 5.12. The molecule has 0 saturated heterocycles. The van der Waals surface area contributed by atoms with Gasteiger partial charge in [-0.2, -0.15) is 5.26 Å². The van der Waals surface area contributed by atoms with E-state index in [0.717, 1.165) is 59.9 Å². The average molecular weight is 417 g/mol. The highest BCUT2D eigenvalue weighted by molar-refractivity contribution is 5.86. The van der Waals surface area contributed by atoms with Crippen LogP contribution in [0.4, 0.5) is 5.82 Å². The van der Waals surface area contributed by atoms with Gasteiger partial charge in [-0.25, -0.2) is 4.98 Å². The highest BCUT2D eigenvalue weighted by atomic mass is 16.2. The molecular weight excluding hydrogens is 384 g/mol. The van der Waals surface area contributed by atoms with E-state index in [0.29, 0.717) is 30.4 Å². The Morgan fingerprint density at radius 1 is 1.10 bits per heavy atom. The zero-order valence-corrected chi connectivity index (χ0v) is 18.6. The first-order valence-corrected chi connectivity index (χ1v) is 11.8. The van der Waals surface area contributed by atoms with Crippen LogP contribution < -0.4 is 10.6 Å². The molecule has 4 saturated carbocycles. The zero-order valence-electron chi connectivity index (χ0n) is 18.6. The van der Waals surface area contributed by atoms with Gasteiger partial charge in [-0.15, -0.1) is 0 Å². The van der Waals surface area contributed by atoms with Gasteiger partial charge in [0.2, 0.25) is 5.91 Å². The number of fused-ring (bicyclic) bond motifs is 1. The summed E-state index contributed by atoms with van der Waals surface area (Å²) in [6.07, 6.45) is 8.20. The first-order chi connectivity index (χ1) is 15.0. The fraction of sp³-hybridized carbons (Fsp3) is 0.577. The van der Waals surface area contributed by atoms with Crippen molar-refractivity contribution in [1.82, 2.24) is 10.3 Å². The van der Waals surface area contributed by atoms with Crippen LogP contribution in [-0.4, -0.2) is 24.0 Å². The van der Waals surface area contributed by atoms with Crippen molar-refractivity contribution >= 4 is 22.6 Å². The van der Waals surface area contributed by atoms with Gasteiger partial charge in [-0.3, -0.25) is 4.79 Å². The van der Waals surface area contributed by atoms with Gasteiger partial charge < -0.3 is 10.6 Å². The number of hydrogen-bond acceptors (Lipinski definition) is 4. The van der Waals surface area contributed by atoms with Crippen LogP contribution in [0.5, 0.6) is 0 Å². The maximum Gasteiger partial charge on any atom is 0.226 e. The standard InChI is InChI=1S/C26H32N4O/c1-16-6-17(2)23-21(7-16)11-22(15-27)24(30-23)28-4-3-5-29-25(31)26-12-18-8-19(13-26)10-20(9-18)14-26/h6-7,11,18-20H,3-5,8-10,12-14H2,1-2H3,(H,28,30)(H,29,31). The molecular formula is C26H32N4O. The Hall–Kier alpha value is -2.61. The number of benzene rings is 1. The van der Waals surface area contributed by atoms with E-state index >= 15 is 0 Å². The minimum atomic E-state index is -0.0777. The lowest BCUT2D eigenvalue weighted by Gasteiger charge is -2.55. The van der Waals surface area contributed by atoms with E-state index in [-0.39, 0.29) is 5.41 Å². The van der Waals surface area contributed by atoms with Crippen molar-refractivity contribution in [3.05, 3.63) is 34.9 Å². The smallest absolute Gasteiger partial charge is 0.226 e. The first kappa shape index (κ1) is 20.3. The van der Waals surface area contributed by atoms with Gasteiger partial charge in [0.15, 0.2) is 0 Å². The SMILES string of the molecule is Cc1cc(C)c2nc(NCCCNC(=O)C34CC5CC(CC(C5)C3)C4)c(C#N)cc2c1. The number of nitrogens with zero attached hydrogens (tertiary/aromatic N) is 2. The van der Waals surface area contributed by atoms with E-state index in [4.69, 9.17) is 4.98 Å². The monoisotopic (exact) mass is 416 g/mol. The van der Waals surface area contributed by atoms with Crippen LogP contribution in [0.15, 0.2) is 18.2 Å². The Labute approximate surface area is 184 Å². The number of hydrogen-bond donors (Lipinski definition) is 2. The minimum absolute atomic E-state index is 0.0777. The van der Waals surface area contributed by atoms with Gasteiger partial charge >= 0.3 is 0 Å². The molecule has 2 N–H and O–H groups in total. The number of nitrogens with one attached hydrogen (secondary N) is 2. The molecule has 31 heavy (non-hydrogen) atoms. The number of nitriles is 1. The van der Waals surface area contributed by atoms with E-state index in [1.165, 1.54) is 24.8 Å². The molecule has 1 amide bonds. The fourth-order valence-corrected chi connectivity index (χ4v) is 6.94. The van der Waals surface area contributed by atoms with Crippen LogP contribution in [0.3, 0.4) is 0 Å². The summed E-state index contributed by atoms with van der Waals surface area (Å²) in [4.78, 5) is 17.8. The predicted molar refractivity (Wildman–Crippen MR) is 123 cm³/mol. The van der Waals surface area contributed by atoms with Crippen molar-refractivity contribution in [2.45, 2.75) is 58.8 Å². The highest BCUT2D eigenvalue weighted by Gasteiger charge is 2.54. The molecule has 0 spiro atoms. The zero-order chi connectivity index (χ0) is 21.6. The molecule has 0 unspecified atom stereocenters. The Morgan fingerprint density at radius 3 is 2.42 bits per heavy atom. The lowest BCUT2D eigenvalue weighted by Crippen LogP contribution is -2.53. The third-order valence-corrected chi connectivity index (χ3v) is 7.82. The van der Waals surface area contributed by atoms with Crippen LogP contribution in [0.25, 0.3) is 10.9 Å². The molecule has 0 atom stereocenters. The van der Waals surface area contributed by atoms with E-state index in [1.807, 2.05) is 6.07 Å². The second-order valence-electron chi connectivity index (χ2n) is 10.4. The summed E-state index contributed by atoms with van der Waals surface area (Å²) in [6.45, 7) is 5.46. The number of anilines is 1. The summed E-state index contributed by atoms with van der Waals surface area (Å²) >= 11 is 0. The van der Waals surface area contributed by atoms with Gasteiger partial charge in [0.1, 0.15) is 11.9 Å². The summed E-state index contributed by atoms with van der Waals surface area (Å²) in [5.41, 5.74) is 3.71. The number of amides is 1. The molecule has 0 radical (unpaired) electrons. The summed E-state index contributed by atoms with van der Waals surface area (Å²) in [5.74, 6) is 3.28. The molecule has 4 fully saturated rings. The molecule has 1 aromatic heterocycles. The lowest BCUT2D eigenvalue weighted by molar-refractivity contribution is -0.146. The van der Waals surface area contributed by atoms with Gasteiger partial charge in [0.25, 0.3) is 0 Å². The van der Waals surface area contributed by atoms with Crippen molar-refractivity contribution < 1.29 is 4.79 Å². The third kappa shape index (κ3) is 3.78. The number of aromatic nitrogens is 1. The van der Waals surface area contributed by atoms with Crippen LogP contribution in [0.2, 0.25) is 0 Å². The molecule has 6 rings (SSSR count). The second kappa shape index (κ2) is 7.82. The van der Waals surface area contributed by atoms with E-state index < -0.39 is 0 Å². The molecule has 1 aromatic carbocycles. The number of aryl methyl sites for hydroxylation is 2. The number of pyridine rings is 1. The molecule has 5 heteroatoms. The topological polar surface area (TPSA) is 77.8 Å². The largest absolute Gasteiger partial charge is 0.369 e. The van der Waals surface area contributed by atoms with Gasteiger partial charge in [0, 0.05) is 23.9 Å². The summed E-state index contributed by atoms with van der Waals surface area (Å²) in [5, 5.41) is 17.1. The first-order valence-electron chi connectivity index (χ1n) is 11.8. The van der Waals surface area contributed by atoms with Crippen molar-refractivity contribution in [1.29, 1.82) is 5.26 Å². The molecule has 1 heterocycles. The summed E-state index contributed by atoms with van der Waals surface area (Å²) in [7, 11) is 0. The number of carbonyl (C=O) groups is 1. The Bertz CT molecular complexity index is 1030. The molecule has 4 aliphatic carbocycles. The quantitative estimate of drug-likeness (QED) is 0.660. The van der Waals surface area contributed by atoms with E-state index in [9.17, 15) is 10.1 Å². The van der Waals surface area contributed by atoms with Crippen LogP contribution in [0.1, 0.15) is 61.6 Å². The van der Waals surface area contributed by atoms with E-state index in [2.05, 4.69) is 42.7 Å². The normalized spacial score (nSPS) is 28.5. The van der Waals surface area contributed by atoms with Crippen LogP contribution >= 0.6 is 0 Å². The molecule has 0 aliphatic heterocycles. The highest BCUT2D eigenvalue weighted by Crippen LogP contribution is 2.60. The lowest BCUT2D eigenvalue weighted by atomic mass is 9.49. The Morgan fingerprint density at radius 2 is 1.77 bits per heavy atom. The maximum absolute atomic E-state index is 13.1. The predicted octanol–water partition coefficient (Wildman–Crippen LogP) is 4.86. The van der Waals surface area contributed by atoms with Gasteiger partial charge in [0.05, 0.1) is 11.1 Å². The third-order valence-electron chi connectivity index (χ3n) is 7.82. The summed E-state index contributed by atoms with van der Waals surface area (Å²) in [6, 6.07) is 8.37. The molecule has 162 valence electrons. The van der Waals surface area contributed by atoms with Crippen LogP contribution in [-0.2, 0) is 4.79 Å². The van der Waals surface area contributed by atoms with Crippen molar-refractivity contribution in [3.63, 3.8) is 0 Å². The molecule has 4 bridgehead atoms. The van der Waals surface area contributed by atoms with Gasteiger partial charge in [-0.05, 0) is 94.2 Å². The van der Waals surface area contributed by atoms with Crippen molar-refractivity contribution in [2.75, 3.05) is 18.4 Å². The van der Waals surface area contributed by atoms with Gasteiger partial charge in [-0.1, -0.05) is 11.6 Å². The van der Waals surface area contributed by atoms with Crippen molar-refractivity contribution in [3.8, 4) is 6.07 Å². The van der Waals surface area contributed by atoms with E-state index in [1.54, 1.807) is 0 Å². The second-order valence-corrected chi connectivity index (χ2v) is 10.4. The maximum atomic E-state index is 13.1. The average Bonchev–Trinajstić information content (AvgIpc) is 2.72. The number of carbonyl (C=O) groups excluding carboxylic acids is 1. The molecule has 5 nitrogen and oxygen atoms in total. The Balaban J connectivity index is 1.17. The molecule has 4 aliphatic rings.